The summed E-state index contributed by atoms with van der Waals surface area (Å²) >= 11 is 0. The molecule has 0 amide bonds. The molecule has 0 radical (unpaired) electrons. The van der Waals surface area contributed by atoms with Gasteiger partial charge in [-0.3, -0.25) is 0 Å². The first-order chi connectivity index (χ1) is 7.91. The minimum atomic E-state index is 1.08. The van der Waals surface area contributed by atoms with Crippen molar-refractivity contribution < 1.29 is 0 Å². The molecule has 0 aromatic heterocycles. The average molecular weight is 224 g/mol. The van der Waals surface area contributed by atoms with Gasteiger partial charge in [-0.25, -0.2) is 0 Å². The highest BCUT2D eigenvalue weighted by molar-refractivity contribution is 5.61. The van der Waals surface area contributed by atoms with Gasteiger partial charge in [0.15, 0.2) is 0 Å². The number of unbranched alkanes of at least 4 members (excludes halogenated alkanes) is 8. The molecule has 94 valence electrons. The Bertz CT molecular complexity index is 154. The van der Waals surface area contributed by atoms with Crippen molar-refractivity contribution in [1.82, 2.24) is 0 Å². The molecule has 16 heavy (non-hydrogen) atoms. The van der Waals surface area contributed by atoms with Crippen molar-refractivity contribution >= 4 is 12.4 Å². The summed E-state index contributed by atoms with van der Waals surface area (Å²) in [6, 6.07) is 0. The van der Waals surface area contributed by atoms with E-state index in [0.717, 1.165) is 12.8 Å². The number of hydrogen-bond donors (Lipinski definition) is 0. The highest BCUT2D eigenvalue weighted by Crippen LogP contribution is 2.01. The first kappa shape index (κ1) is 15.3. The highest BCUT2D eigenvalue weighted by atomic mass is 15.2. The van der Waals surface area contributed by atoms with Gasteiger partial charge >= 0.3 is 0 Å². The van der Waals surface area contributed by atoms with Crippen LogP contribution in [-0.4, -0.2) is 12.4 Å². The second kappa shape index (κ2) is 14.3. The van der Waals surface area contributed by atoms with Crippen LogP contribution >= 0.6 is 0 Å². The van der Waals surface area contributed by atoms with Crippen molar-refractivity contribution in [1.29, 1.82) is 0 Å². The zero-order chi connectivity index (χ0) is 11.9. The third-order valence-corrected chi connectivity index (χ3v) is 2.60. The molecule has 0 heterocycles. The smallest absolute Gasteiger partial charge is 0.0270 e. The van der Waals surface area contributed by atoms with Crippen molar-refractivity contribution in [2.75, 3.05) is 0 Å². The largest absolute Gasteiger partial charge is 0.164 e. The fraction of sp³-hybridized carbons (Fsp3) is 0.857. The van der Waals surface area contributed by atoms with Crippen LogP contribution in [0, 0.1) is 0 Å². The summed E-state index contributed by atoms with van der Waals surface area (Å²) in [5.74, 6) is 0. The molecule has 0 aromatic rings. The summed E-state index contributed by atoms with van der Waals surface area (Å²) in [4.78, 5) is 0. The summed E-state index contributed by atoms with van der Waals surface area (Å²) < 4.78 is 0. The van der Waals surface area contributed by atoms with Crippen molar-refractivity contribution in [3.8, 4) is 0 Å². The van der Waals surface area contributed by atoms with E-state index in [1.165, 1.54) is 51.4 Å². The van der Waals surface area contributed by atoms with Crippen molar-refractivity contribution in [3.63, 3.8) is 0 Å². The van der Waals surface area contributed by atoms with Crippen LogP contribution in [0.1, 0.15) is 78.1 Å². The molecule has 0 aliphatic heterocycles. The third-order valence-electron chi connectivity index (χ3n) is 2.60. The Balaban J connectivity index is 3.15. The van der Waals surface area contributed by atoms with Crippen LogP contribution in [0.25, 0.3) is 0 Å². The Hall–Kier alpha value is -0.660. The Morgan fingerprint density at radius 1 is 0.625 bits per heavy atom. The standard InChI is InChI=1S/C14H28N2/c1-3-5-7-9-11-13-15-16-14-12-10-8-6-4-2/h13-14H,3-12H2,1-2H3/b15-13+,16-14+. The fourth-order valence-corrected chi connectivity index (χ4v) is 1.53. The molecule has 0 fully saturated rings. The lowest BCUT2D eigenvalue weighted by molar-refractivity contribution is 0.684. The van der Waals surface area contributed by atoms with E-state index in [0.29, 0.717) is 0 Å². The van der Waals surface area contributed by atoms with Crippen LogP contribution in [0.15, 0.2) is 10.2 Å². The summed E-state index contributed by atoms with van der Waals surface area (Å²) in [5, 5.41) is 8.06. The molecule has 0 aliphatic rings. The van der Waals surface area contributed by atoms with Crippen LogP contribution in [0.3, 0.4) is 0 Å². The van der Waals surface area contributed by atoms with E-state index >= 15 is 0 Å². The van der Waals surface area contributed by atoms with Gasteiger partial charge in [0.2, 0.25) is 0 Å². The summed E-state index contributed by atoms with van der Waals surface area (Å²) in [6.07, 6.45) is 16.5. The van der Waals surface area contributed by atoms with Gasteiger partial charge in [-0.2, -0.15) is 10.2 Å². The van der Waals surface area contributed by atoms with E-state index in [4.69, 9.17) is 0 Å². The molecule has 0 bridgehead atoms. The SMILES string of the molecule is CCCCCC/C=N/N=C/CCCCCC. The lowest BCUT2D eigenvalue weighted by Gasteiger charge is -1.93. The molecule has 2 heteroatoms. The molecule has 0 aliphatic carbocycles. The molecule has 0 unspecified atom stereocenters. The predicted molar refractivity (Wildman–Crippen MR) is 74.5 cm³/mol. The van der Waals surface area contributed by atoms with E-state index in [2.05, 4.69) is 24.1 Å². The maximum Gasteiger partial charge on any atom is 0.0270 e. The van der Waals surface area contributed by atoms with E-state index in [1.54, 1.807) is 0 Å². The molecular formula is C14H28N2. The average Bonchev–Trinajstić information content (AvgIpc) is 2.31. The Labute approximate surface area is 101 Å². The first-order valence-electron chi connectivity index (χ1n) is 6.95. The molecule has 2 nitrogen and oxygen atoms in total. The minimum Gasteiger partial charge on any atom is -0.164 e. The van der Waals surface area contributed by atoms with Gasteiger partial charge in [0.05, 0.1) is 0 Å². The molecule has 0 rings (SSSR count). The van der Waals surface area contributed by atoms with Gasteiger partial charge < -0.3 is 0 Å². The van der Waals surface area contributed by atoms with Gasteiger partial charge in [0, 0.05) is 12.4 Å². The highest BCUT2D eigenvalue weighted by Gasteiger charge is 1.85. The molecule has 0 spiro atoms. The second-order valence-corrected chi connectivity index (χ2v) is 4.29. The number of rotatable bonds is 11. The zero-order valence-corrected chi connectivity index (χ0v) is 11.1. The summed E-state index contributed by atoms with van der Waals surface area (Å²) in [5.41, 5.74) is 0. The van der Waals surface area contributed by atoms with Crippen LogP contribution < -0.4 is 0 Å². The quantitative estimate of drug-likeness (QED) is 0.268. The Kier molecular flexibility index (Phi) is 13.7. The monoisotopic (exact) mass is 224 g/mol. The summed E-state index contributed by atoms with van der Waals surface area (Å²) in [7, 11) is 0. The second-order valence-electron chi connectivity index (χ2n) is 4.29. The first-order valence-corrected chi connectivity index (χ1v) is 6.95. The van der Waals surface area contributed by atoms with Crippen molar-refractivity contribution in [3.05, 3.63) is 0 Å². The van der Waals surface area contributed by atoms with E-state index < -0.39 is 0 Å². The number of nitrogens with zero attached hydrogens (tertiary/aromatic N) is 2. The van der Waals surface area contributed by atoms with Crippen molar-refractivity contribution in [2.45, 2.75) is 78.1 Å². The van der Waals surface area contributed by atoms with Gasteiger partial charge in [-0.1, -0.05) is 52.4 Å². The molecule has 0 saturated carbocycles. The van der Waals surface area contributed by atoms with Gasteiger partial charge in [0.25, 0.3) is 0 Å². The maximum atomic E-state index is 4.03. The maximum absolute atomic E-state index is 4.03. The lowest BCUT2D eigenvalue weighted by Crippen LogP contribution is -1.79. The molecule has 0 N–H and O–H groups in total. The van der Waals surface area contributed by atoms with Crippen LogP contribution in [0.4, 0.5) is 0 Å². The molecule has 0 aromatic carbocycles. The topological polar surface area (TPSA) is 24.7 Å². The number of hydrogen-bond acceptors (Lipinski definition) is 2. The third kappa shape index (κ3) is 13.3. The molecular weight excluding hydrogens is 196 g/mol. The molecule has 0 saturated heterocycles. The van der Waals surface area contributed by atoms with Gasteiger partial charge in [-0.15, -0.1) is 0 Å². The summed E-state index contributed by atoms with van der Waals surface area (Å²) in [6.45, 7) is 4.47. The minimum absolute atomic E-state index is 1.08. The lowest BCUT2D eigenvalue weighted by atomic mass is 10.2. The van der Waals surface area contributed by atoms with Gasteiger partial charge in [0.1, 0.15) is 0 Å². The zero-order valence-electron chi connectivity index (χ0n) is 11.1. The van der Waals surface area contributed by atoms with E-state index in [-0.39, 0.29) is 0 Å². The van der Waals surface area contributed by atoms with E-state index in [1.807, 2.05) is 12.4 Å². The Morgan fingerprint density at radius 2 is 1.06 bits per heavy atom. The normalized spacial score (nSPS) is 11.9. The van der Waals surface area contributed by atoms with Gasteiger partial charge in [-0.05, 0) is 25.7 Å². The van der Waals surface area contributed by atoms with Crippen LogP contribution in [0.5, 0.6) is 0 Å². The van der Waals surface area contributed by atoms with Crippen LogP contribution in [-0.2, 0) is 0 Å². The fourth-order valence-electron chi connectivity index (χ4n) is 1.53. The molecule has 0 atom stereocenters. The predicted octanol–water partition coefficient (Wildman–Crippen LogP) is 4.98. The van der Waals surface area contributed by atoms with Crippen LogP contribution in [0.2, 0.25) is 0 Å². The van der Waals surface area contributed by atoms with E-state index in [9.17, 15) is 0 Å². The van der Waals surface area contributed by atoms with Crippen molar-refractivity contribution in [2.24, 2.45) is 10.2 Å². The Morgan fingerprint density at radius 3 is 1.44 bits per heavy atom.